The third kappa shape index (κ3) is 3.66. The van der Waals surface area contributed by atoms with Crippen LogP contribution in [0.3, 0.4) is 0 Å². The molecule has 0 aliphatic rings. The van der Waals surface area contributed by atoms with E-state index in [0.29, 0.717) is 29.5 Å². The van der Waals surface area contributed by atoms with E-state index in [-0.39, 0.29) is 11.7 Å². The number of carbonyl (C=O) groups excluding carboxylic acids is 1. The third-order valence-corrected chi connectivity index (χ3v) is 4.32. The fourth-order valence-corrected chi connectivity index (χ4v) is 2.97. The van der Waals surface area contributed by atoms with Crippen molar-refractivity contribution in [2.75, 3.05) is 12.4 Å². The van der Waals surface area contributed by atoms with Crippen molar-refractivity contribution in [2.24, 2.45) is 7.05 Å². The molecule has 0 atom stereocenters. The van der Waals surface area contributed by atoms with Gasteiger partial charge in [-0.2, -0.15) is 0 Å². The predicted molar refractivity (Wildman–Crippen MR) is 87.9 cm³/mol. The van der Waals surface area contributed by atoms with E-state index in [1.54, 1.807) is 11.6 Å². The Balaban J connectivity index is 2.26. The molecule has 1 N–H and O–H groups in total. The van der Waals surface area contributed by atoms with Crippen LogP contribution >= 0.6 is 11.8 Å². The first-order valence-electron chi connectivity index (χ1n) is 7.47. The Morgan fingerprint density at radius 2 is 2.09 bits per heavy atom. The third-order valence-electron chi connectivity index (χ3n) is 3.37. The fourth-order valence-electron chi connectivity index (χ4n) is 2.11. The summed E-state index contributed by atoms with van der Waals surface area (Å²) in [7, 11) is 1.54. The maximum atomic E-state index is 12.0. The lowest BCUT2D eigenvalue weighted by molar-refractivity contribution is -0.140. The van der Waals surface area contributed by atoms with Crippen molar-refractivity contribution in [1.82, 2.24) is 19.1 Å². The molecule has 0 amide bonds. The van der Waals surface area contributed by atoms with Crippen LogP contribution in [0.4, 0.5) is 0 Å². The highest BCUT2D eigenvalue weighted by atomic mass is 32.2. The molecule has 2 heterocycles. The topological polar surface area (TPSA) is 99.0 Å². The molecule has 2 rings (SSSR count). The molecule has 23 heavy (non-hydrogen) atoms. The van der Waals surface area contributed by atoms with Gasteiger partial charge in [0.2, 0.25) is 0 Å². The van der Waals surface area contributed by atoms with Gasteiger partial charge in [0.25, 0.3) is 5.56 Å². The second kappa shape index (κ2) is 7.49. The highest BCUT2D eigenvalue weighted by molar-refractivity contribution is 7.99. The van der Waals surface area contributed by atoms with Gasteiger partial charge in [-0.25, -0.2) is 9.78 Å². The van der Waals surface area contributed by atoms with Crippen molar-refractivity contribution in [3.8, 4) is 0 Å². The maximum absolute atomic E-state index is 12.0. The summed E-state index contributed by atoms with van der Waals surface area (Å²) in [5, 5.41) is 0.515. The molecule has 0 aliphatic carbocycles. The first-order valence-corrected chi connectivity index (χ1v) is 8.46. The van der Waals surface area contributed by atoms with Gasteiger partial charge < -0.3 is 9.30 Å². The Kier molecular flexibility index (Phi) is 5.64. The van der Waals surface area contributed by atoms with Crippen LogP contribution in [0, 0.1) is 0 Å². The predicted octanol–water partition coefficient (Wildman–Crippen LogP) is 0.879. The number of thioether (sulfide) groups is 1. The molecule has 0 unspecified atom stereocenters. The molecule has 9 heteroatoms. The van der Waals surface area contributed by atoms with Gasteiger partial charge >= 0.3 is 11.7 Å². The molecule has 0 aromatic carbocycles. The van der Waals surface area contributed by atoms with Crippen LogP contribution in [-0.4, -0.2) is 37.4 Å². The number of hydrogen-bond acceptors (Lipinski definition) is 6. The molecule has 0 fully saturated rings. The quantitative estimate of drug-likeness (QED) is 0.456. The van der Waals surface area contributed by atoms with Crippen LogP contribution < -0.4 is 11.2 Å². The number of nitrogens with zero attached hydrogens (tertiary/aromatic N) is 3. The van der Waals surface area contributed by atoms with E-state index >= 15 is 0 Å². The summed E-state index contributed by atoms with van der Waals surface area (Å²) in [6.45, 7) is 4.81. The zero-order valence-electron chi connectivity index (χ0n) is 13.4. The number of aryl methyl sites for hydroxylation is 2. The summed E-state index contributed by atoms with van der Waals surface area (Å²) in [5.74, 6) is -0.209. The van der Waals surface area contributed by atoms with Crippen molar-refractivity contribution < 1.29 is 9.53 Å². The molecule has 0 spiro atoms. The van der Waals surface area contributed by atoms with Crippen LogP contribution in [0.2, 0.25) is 0 Å². The first kappa shape index (κ1) is 17.3. The fraction of sp³-hybridized carbons (Fsp3) is 0.571. The number of unbranched alkanes of at least 4 members (excludes halogenated alkanes) is 1. The largest absolute Gasteiger partial charge is 0.465 e. The lowest BCUT2D eigenvalue weighted by Crippen LogP contribution is -2.29. The van der Waals surface area contributed by atoms with Gasteiger partial charge in [-0.15, -0.1) is 0 Å². The molecule has 0 bridgehead atoms. The standard InChI is InChI=1S/C14H20N4O4S/c1-4-6-7-22-9(19)8-23-14-15-11-10(18(14)5-2)12(20)16-13(21)17(11)3/h4-8H2,1-3H3,(H,16,20,21). The number of nitrogens with one attached hydrogen (secondary N) is 1. The van der Waals surface area contributed by atoms with Crippen LogP contribution in [0.1, 0.15) is 26.7 Å². The van der Waals surface area contributed by atoms with E-state index in [4.69, 9.17) is 4.74 Å². The van der Waals surface area contributed by atoms with E-state index < -0.39 is 11.2 Å². The molecule has 0 aliphatic heterocycles. The Morgan fingerprint density at radius 3 is 2.74 bits per heavy atom. The van der Waals surface area contributed by atoms with Crippen LogP contribution in [-0.2, 0) is 23.1 Å². The highest BCUT2D eigenvalue weighted by Gasteiger charge is 2.17. The highest BCUT2D eigenvalue weighted by Crippen LogP contribution is 2.21. The number of imidazole rings is 1. The lowest BCUT2D eigenvalue weighted by Gasteiger charge is -2.05. The summed E-state index contributed by atoms with van der Waals surface area (Å²) in [4.78, 5) is 42.0. The number of H-pyrrole nitrogens is 1. The van der Waals surface area contributed by atoms with E-state index in [0.717, 1.165) is 12.8 Å². The molecule has 0 saturated heterocycles. The number of ether oxygens (including phenoxy) is 1. The lowest BCUT2D eigenvalue weighted by atomic mass is 10.4. The minimum atomic E-state index is -0.515. The Hall–Kier alpha value is -2.03. The van der Waals surface area contributed by atoms with Gasteiger partial charge in [-0.05, 0) is 13.3 Å². The molecular formula is C14H20N4O4S. The van der Waals surface area contributed by atoms with Crippen molar-refractivity contribution in [1.29, 1.82) is 0 Å². The van der Waals surface area contributed by atoms with Gasteiger partial charge in [0.05, 0.1) is 12.4 Å². The summed E-state index contributed by atoms with van der Waals surface area (Å²) in [6, 6.07) is 0. The Bertz CT molecular complexity index is 821. The van der Waals surface area contributed by atoms with E-state index in [2.05, 4.69) is 9.97 Å². The number of fused-ring (bicyclic) bond motifs is 1. The number of rotatable bonds is 7. The average molecular weight is 340 g/mol. The summed E-state index contributed by atoms with van der Waals surface area (Å²) in [6.07, 6.45) is 1.80. The maximum Gasteiger partial charge on any atom is 0.329 e. The molecule has 0 saturated carbocycles. The van der Waals surface area contributed by atoms with Crippen LogP contribution in [0.5, 0.6) is 0 Å². The molecule has 8 nitrogen and oxygen atoms in total. The SMILES string of the molecule is CCCCOC(=O)CSc1nc2c(c(=O)[nH]c(=O)n2C)n1CC. The molecular weight excluding hydrogens is 320 g/mol. The van der Waals surface area contributed by atoms with E-state index in [1.165, 1.54) is 16.3 Å². The van der Waals surface area contributed by atoms with E-state index in [9.17, 15) is 14.4 Å². The van der Waals surface area contributed by atoms with Gasteiger partial charge in [-0.1, -0.05) is 25.1 Å². The molecule has 0 radical (unpaired) electrons. The number of esters is 1. The van der Waals surface area contributed by atoms with Gasteiger partial charge in [0.1, 0.15) is 0 Å². The molecule has 2 aromatic heterocycles. The monoisotopic (exact) mass is 340 g/mol. The van der Waals surface area contributed by atoms with Crippen molar-refractivity contribution >= 4 is 28.9 Å². The van der Waals surface area contributed by atoms with E-state index in [1.807, 2.05) is 13.8 Å². The normalized spacial score (nSPS) is 11.1. The zero-order chi connectivity index (χ0) is 17.0. The van der Waals surface area contributed by atoms with Crippen molar-refractivity contribution in [2.45, 2.75) is 38.4 Å². The average Bonchev–Trinajstić information content (AvgIpc) is 2.90. The van der Waals surface area contributed by atoms with Crippen LogP contribution in [0.15, 0.2) is 14.7 Å². The van der Waals surface area contributed by atoms with Crippen molar-refractivity contribution in [3.63, 3.8) is 0 Å². The number of aromatic amines is 1. The van der Waals surface area contributed by atoms with Crippen LogP contribution in [0.25, 0.3) is 11.2 Å². The number of carbonyl (C=O) groups is 1. The van der Waals surface area contributed by atoms with Gasteiger partial charge in [-0.3, -0.25) is 19.1 Å². The minimum absolute atomic E-state index is 0.110. The second-order valence-electron chi connectivity index (χ2n) is 4.99. The Morgan fingerprint density at radius 1 is 1.35 bits per heavy atom. The zero-order valence-corrected chi connectivity index (χ0v) is 14.2. The summed E-state index contributed by atoms with van der Waals surface area (Å²) < 4.78 is 8.07. The molecule has 126 valence electrons. The smallest absolute Gasteiger partial charge is 0.329 e. The summed E-state index contributed by atoms with van der Waals surface area (Å²) in [5.41, 5.74) is -0.354. The summed E-state index contributed by atoms with van der Waals surface area (Å²) >= 11 is 1.20. The van der Waals surface area contributed by atoms with Gasteiger partial charge in [0, 0.05) is 13.6 Å². The molecule has 2 aromatic rings. The second-order valence-corrected chi connectivity index (χ2v) is 5.93. The first-order chi connectivity index (χ1) is 11.0. The number of hydrogen-bond donors (Lipinski definition) is 1. The Labute approximate surface area is 136 Å². The van der Waals surface area contributed by atoms with Crippen molar-refractivity contribution in [3.05, 3.63) is 20.8 Å². The minimum Gasteiger partial charge on any atom is -0.465 e. The van der Waals surface area contributed by atoms with Gasteiger partial charge in [0.15, 0.2) is 16.3 Å². The number of aromatic nitrogens is 4.